The van der Waals surface area contributed by atoms with E-state index in [4.69, 9.17) is 32.6 Å². The fraction of sp³-hybridized carbons (Fsp3) is 0.769. The highest BCUT2D eigenvalue weighted by atomic mass is 32.2. The number of methoxy groups -OCH3 is 2. The zero-order valence-corrected chi connectivity index (χ0v) is 23.4. The third kappa shape index (κ3) is 14.0. The maximum atomic E-state index is 13.0. The van der Waals surface area contributed by atoms with Crippen LogP contribution in [0.15, 0.2) is 29.2 Å². The summed E-state index contributed by atoms with van der Waals surface area (Å²) < 4.78 is 64.9. The molecule has 9 nitrogen and oxygen atoms in total. The van der Waals surface area contributed by atoms with Gasteiger partial charge in [0.05, 0.1) is 56.7 Å². The Labute approximate surface area is 217 Å². The molecule has 2 atom stereocenters. The van der Waals surface area contributed by atoms with E-state index in [1.54, 1.807) is 45.4 Å². The molecular formula is C26H46O9S. The van der Waals surface area contributed by atoms with Gasteiger partial charge in [-0.2, -0.15) is 8.42 Å². The topological polar surface area (TPSA) is 98.8 Å². The molecule has 0 aromatic heterocycles. The lowest BCUT2D eigenvalue weighted by atomic mass is 10.2. The highest BCUT2D eigenvalue weighted by Gasteiger charge is 2.25. The number of hydrogen-bond acceptors (Lipinski definition) is 9. The van der Waals surface area contributed by atoms with Crippen LogP contribution in [-0.4, -0.2) is 93.8 Å². The van der Waals surface area contributed by atoms with E-state index in [-0.39, 0.29) is 30.3 Å². The van der Waals surface area contributed by atoms with Crippen LogP contribution in [0.25, 0.3) is 0 Å². The van der Waals surface area contributed by atoms with E-state index in [2.05, 4.69) is 0 Å². The van der Waals surface area contributed by atoms with Crippen molar-refractivity contribution in [2.45, 2.75) is 69.7 Å². The van der Waals surface area contributed by atoms with Gasteiger partial charge in [0.1, 0.15) is 6.10 Å². The Kier molecular flexibility index (Phi) is 18.2. The summed E-state index contributed by atoms with van der Waals surface area (Å²) in [5.74, 6) is 0. The first-order chi connectivity index (χ1) is 17.4. The molecule has 0 saturated heterocycles. The van der Waals surface area contributed by atoms with Crippen molar-refractivity contribution >= 4 is 10.1 Å². The predicted octanol–water partition coefficient (Wildman–Crippen LogP) is 3.77. The lowest BCUT2D eigenvalue weighted by molar-refractivity contribution is -0.0638. The van der Waals surface area contributed by atoms with Crippen molar-refractivity contribution in [3.05, 3.63) is 29.8 Å². The molecule has 0 bridgehead atoms. The van der Waals surface area contributed by atoms with Gasteiger partial charge in [0.15, 0.2) is 0 Å². The summed E-state index contributed by atoms with van der Waals surface area (Å²) in [4.78, 5) is 0.146. The highest BCUT2D eigenvalue weighted by Crippen LogP contribution is 2.20. The molecule has 0 fully saturated rings. The molecule has 0 N–H and O–H groups in total. The van der Waals surface area contributed by atoms with E-state index in [0.717, 1.165) is 12.8 Å². The smallest absolute Gasteiger partial charge is 0.297 e. The van der Waals surface area contributed by atoms with E-state index in [0.29, 0.717) is 58.0 Å². The van der Waals surface area contributed by atoms with Crippen molar-refractivity contribution in [2.75, 3.05) is 67.1 Å². The third-order valence-electron chi connectivity index (χ3n) is 5.60. The van der Waals surface area contributed by atoms with Crippen LogP contribution in [0.3, 0.4) is 0 Å². The number of ether oxygens (including phenoxy) is 6. The van der Waals surface area contributed by atoms with Crippen LogP contribution in [-0.2, 0) is 42.7 Å². The van der Waals surface area contributed by atoms with Gasteiger partial charge in [-0.15, -0.1) is 0 Å². The number of hydrogen-bond donors (Lipinski definition) is 0. The molecule has 0 radical (unpaired) electrons. The van der Waals surface area contributed by atoms with Gasteiger partial charge in [-0.3, -0.25) is 4.18 Å². The molecule has 0 spiro atoms. The average molecular weight is 535 g/mol. The molecule has 0 amide bonds. The van der Waals surface area contributed by atoms with E-state index < -0.39 is 16.2 Å². The van der Waals surface area contributed by atoms with Gasteiger partial charge in [0.2, 0.25) is 0 Å². The van der Waals surface area contributed by atoms with Crippen LogP contribution >= 0.6 is 0 Å². The molecule has 2 unspecified atom stereocenters. The molecule has 1 aromatic rings. The maximum absolute atomic E-state index is 13.0. The lowest BCUT2D eigenvalue weighted by Gasteiger charge is -2.24. The normalized spacial score (nSPS) is 14.6. The predicted molar refractivity (Wildman–Crippen MR) is 138 cm³/mol. The van der Waals surface area contributed by atoms with Gasteiger partial charge < -0.3 is 28.4 Å². The van der Waals surface area contributed by atoms with Gasteiger partial charge in [-0.05, 0) is 44.2 Å². The Hall–Kier alpha value is -1.11. The molecule has 0 aliphatic carbocycles. The first-order valence-electron chi connectivity index (χ1n) is 12.7. The van der Waals surface area contributed by atoms with Crippen LogP contribution in [0.5, 0.6) is 0 Å². The van der Waals surface area contributed by atoms with Crippen molar-refractivity contribution in [1.29, 1.82) is 0 Å². The van der Waals surface area contributed by atoms with Crippen molar-refractivity contribution < 1.29 is 41.0 Å². The van der Waals surface area contributed by atoms with Crippen LogP contribution in [0.4, 0.5) is 0 Å². The summed E-state index contributed by atoms with van der Waals surface area (Å²) in [7, 11) is -0.729. The molecule has 36 heavy (non-hydrogen) atoms. The Morgan fingerprint density at radius 3 is 1.67 bits per heavy atom. The van der Waals surface area contributed by atoms with Crippen molar-refractivity contribution in [1.82, 2.24) is 0 Å². The van der Waals surface area contributed by atoms with E-state index in [1.807, 2.05) is 13.8 Å². The zero-order valence-electron chi connectivity index (χ0n) is 22.6. The lowest BCUT2D eigenvalue weighted by Crippen LogP contribution is -2.33. The Morgan fingerprint density at radius 1 is 0.722 bits per heavy atom. The van der Waals surface area contributed by atoms with Gasteiger partial charge >= 0.3 is 0 Å². The SMILES string of the molecule is CCC(CCOCCOC)OCC(COC(CC)CCOCCOC)OS(=O)(=O)c1ccccc1C. The Balaban J connectivity index is 2.75. The summed E-state index contributed by atoms with van der Waals surface area (Å²) in [6, 6.07) is 6.76. The molecule has 0 aliphatic rings. The summed E-state index contributed by atoms with van der Waals surface area (Å²) in [6.07, 6.45) is 1.95. The Morgan fingerprint density at radius 2 is 1.22 bits per heavy atom. The molecule has 1 aromatic carbocycles. The summed E-state index contributed by atoms with van der Waals surface area (Å²) in [5.41, 5.74) is 0.623. The molecule has 0 saturated carbocycles. The van der Waals surface area contributed by atoms with Crippen LogP contribution in [0.2, 0.25) is 0 Å². The van der Waals surface area contributed by atoms with Crippen LogP contribution < -0.4 is 0 Å². The van der Waals surface area contributed by atoms with Crippen molar-refractivity contribution in [3.63, 3.8) is 0 Å². The largest absolute Gasteiger partial charge is 0.382 e. The van der Waals surface area contributed by atoms with Gasteiger partial charge in [0, 0.05) is 27.4 Å². The number of benzene rings is 1. The minimum atomic E-state index is -3.99. The van der Waals surface area contributed by atoms with Crippen LogP contribution in [0, 0.1) is 6.92 Å². The monoisotopic (exact) mass is 534 g/mol. The molecule has 1 rings (SSSR count). The fourth-order valence-corrected chi connectivity index (χ4v) is 4.67. The second kappa shape index (κ2) is 19.9. The maximum Gasteiger partial charge on any atom is 0.297 e. The first kappa shape index (κ1) is 32.9. The van der Waals surface area contributed by atoms with Gasteiger partial charge in [-0.25, -0.2) is 0 Å². The molecule has 210 valence electrons. The molecule has 0 aliphatic heterocycles. The molecule has 10 heteroatoms. The van der Waals surface area contributed by atoms with Gasteiger partial charge in [-0.1, -0.05) is 32.0 Å². The van der Waals surface area contributed by atoms with Crippen molar-refractivity contribution in [3.8, 4) is 0 Å². The minimum absolute atomic E-state index is 0.0858. The van der Waals surface area contributed by atoms with Crippen molar-refractivity contribution in [2.24, 2.45) is 0 Å². The zero-order chi connectivity index (χ0) is 26.7. The van der Waals surface area contributed by atoms with E-state index >= 15 is 0 Å². The van der Waals surface area contributed by atoms with E-state index in [9.17, 15) is 8.42 Å². The second-order valence-corrected chi connectivity index (χ2v) is 9.99. The first-order valence-corrected chi connectivity index (χ1v) is 14.1. The Bertz CT molecular complexity index is 746. The molecular weight excluding hydrogens is 488 g/mol. The summed E-state index contributed by atoms with van der Waals surface area (Å²) in [5, 5.41) is 0. The second-order valence-electron chi connectivity index (χ2n) is 8.45. The highest BCUT2D eigenvalue weighted by molar-refractivity contribution is 7.86. The van der Waals surface area contributed by atoms with E-state index in [1.165, 1.54) is 0 Å². The quantitative estimate of drug-likeness (QED) is 0.153. The molecule has 0 heterocycles. The number of rotatable bonds is 23. The summed E-state index contributed by atoms with van der Waals surface area (Å²) in [6.45, 7) is 9.15. The fourth-order valence-electron chi connectivity index (χ4n) is 3.39. The third-order valence-corrected chi connectivity index (χ3v) is 7.13. The minimum Gasteiger partial charge on any atom is -0.382 e. The van der Waals surface area contributed by atoms with Crippen LogP contribution in [0.1, 0.15) is 45.1 Å². The average Bonchev–Trinajstić information content (AvgIpc) is 2.87. The van der Waals surface area contributed by atoms with Gasteiger partial charge in [0.25, 0.3) is 10.1 Å². The summed E-state index contributed by atoms with van der Waals surface area (Å²) >= 11 is 0. The standard InChI is InChI=1S/C26H46O9S/c1-6-23(12-14-31-18-16-29-4)33-20-25(21-34-24(7-2)13-15-32-19-17-30-5)35-36(27,28)26-11-9-8-10-22(26)3/h8-11,23-25H,6-7,12-21H2,1-5H3. The number of aryl methyl sites for hydroxylation is 1.